The van der Waals surface area contributed by atoms with E-state index in [2.05, 4.69) is 4.98 Å². The molecule has 6 heteroatoms. The highest BCUT2D eigenvalue weighted by atomic mass is 16.5. The molecule has 1 aromatic heterocycles. The van der Waals surface area contributed by atoms with Gasteiger partial charge in [0.25, 0.3) is 0 Å². The SMILES string of the molecule is CCOc1c(C(=O)CC[C@@H]2CC(C(=O)OCc3ccccc3)C[C@H](c3ncc(-c4ccccc4)o3)C2)ccc2ccccc12. The number of nitrogens with zero attached hydrogens (tertiary/aromatic N) is 1. The maximum atomic E-state index is 13.6. The molecule has 1 saturated carbocycles. The monoisotopic (exact) mass is 587 g/mol. The van der Waals surface area contributed by atoms with Gasteiger partial charge in [0.15, 0.2) is 17.4 Å². The van der Waals surface area contributed by atoms with Gasteiger partial charge in [0.2, 0.25) is 0 Å². The van der Waals surface area contributed by atoms with Gasteiger partial charge in [-0.05, 0) is 55.5 Å². The van der Waals surface area contributed by atoms with E-state index in [1.807, 2.05) is 104 Å². The van der Waals surface area contributed by atoms with Crippen molar-refractivity contribution in [3.63, 3.8) is 0 Å². The second kappa shape index (κ2) is 13.7. The standard InChI is InChI=1S/C38H37NO5/c1-2-42-36-32-16-10-9-13-28(32)18-19-33(36)34(40)20-17-27-21-30(37-39-24-35(44-37)29-14-7-4-8-15-29)23-31(22-27)38(41)43-25-26-11-5-3-6-12-26/h3-16,18-19,24,27,30-31H,2,17,20-23,25H2,1H3/t27-,30+,31?/m0/s1. The summed E-state index contributed by atoms with van der Waals surface area (Å²) in [6, 6.07) is 31.4. The fraction of sp³-hybridized carbons (Fsp3) is 0.289. The van der Waals surface area contributed by atoms with Crippen molar-refractivity contribution in [2.24, 2.45) is 11.8 Å². The number of esters is 1. The highest BCUT2D eigenvalue weighted by Crippen LogP contribution is 2.43. The summed E-state index contributed by atoms with van der Waals surface area (Å²) >= 11 is 0. The Labute approximate surface area is 258 Å². The molecule has 1 aliphatic rings. The molecule has 1 fully saturated rings. The number of aromatic nitrogens is 1. The Balaban J connectivity index is 1.19. The quantitative estimate of drug-likeness (QED) is 0.114. The molecule has 0 amide bonds. The highest BCUT2D eigenvalue weighted by Gasteiger charge is 2.37. The smallest absolute Gasteiger partial charge is 0.309 e. The normalized spacial score (nSPS) is 18.2. The van der Waals surface area contributed by atoms with Crippen LogP contribution in [-0.4, -0.2) is 23.3 Å². The van der Waals surface area contributed by atoms with Crippen molar-refractivity contribution < 1.29 is 23.5 Å². The number of rotatable bonds is 11. The van der Waals surface area contributed by atoms with E-state index in [0.717, 1.165) is 28.3 Å². The van der Waals surface area contributed by atoms with Crippen LogP contribution in [0.15, 0.2) is 108 Å². The molecule has 4 aromatic carbocycles. The maximum Gasteiger partial charge on any atom is 0.309 e. The van der Waals surface area contributed by atoms with E-state index in [-0.39, 0.29) is 36.1 Å². The zero-order valence-electron chi connectivity index (χ0n) is 25.0. The van der Waals surface area contributed by atoms with Gasteiger partial charge in [-0.25, -0.2) is 4.98 Å². The van der Waals surface area contributed by atoms with Gasteiger partial charge < -0.3 is 13.9 Å². The van der Waals surface area contributed by atoms with Crippen LogP contribution in [-0.2, 0) is 16.1 Å². The highest BCUT2D eigenvalue weighted by molar-refractivity contribution is 6.04. The molecule has 0 bridgehead atoms. The molecule has 3 atom stereocenters. The molecule has 0 aliphatic heterocycles. The third-order valence-electron chi connectivity index (χ3n) is 8.54. The number of fused-ring (bicyclic) bond motifs is 1. The number of benzene rings is 4. The predicted octanol–water partition coefficient (Wildman–Crippen LogP) is 8.80. The third-order valence-corrected chi connectivity index (χ3v) is 8.54. The average Bonchev–Trinajstić information content (AvgIpc) is 3.58. The van der Waals surface area contributed by atoms with E-state index in [9.17, 15) is 9.59 Å². The Morgan fingerprint density at radius 2 is 1.61 bits per heavy atom. The van der Waals surface area contributed by atoms with Crippen LogP contribution in [0.25, 0.3) is 22.1 Å². The first-order chi connectivity index (χ1) is 21.6. The molecule has 0 saturated heterocycles. The summed E-state index contributed by atoms with van der Waals surface area (Å²) in [5, 5.41) is 1.98. The second-order valence-corrected chi connectivity index (χ2v) is 11.5. The lowest BCUT2D eigenvalue weighted by molar-refractivity contribution is -0.152. The van der Waals surface area contributed by atoms with Gasteiger partial charge in [-0.1, -0.05) is 91.0 Å². The van der Waals surface area contributed by atoms with Gasteiger partial charge >= 0.3 is 5.97 Å². The van der Waals surface area contributed by atoms with Crippen molar-refractivity contribution in [1.29, 1.82) is 0 Å². The number of ketones is 1. The van der Waals surface area contributed by atoms with E-state index >= 15 is 0 Å². The minimum Gasteiger partial charge on any atom is -0.492 e. The van der Waals surface area contributed by atoms with Crippen LogP contribution in [0.1, 0.15) is 66.8 Å². The van der Waals surface area contributed by atoms with Crippen molar-refractivity contribution >= 4 is 22.5 Å². The zero-order chi connectivity index (χ0) is 30.3. The second-order valence-electron chi connectivity index (χ2n) is 11.5. The number of carbonyl (C=O) groups is 2. The molecule has 6 nitrogen and oxygen atoms in total. The number of Topliss-reactive ketones (excluding diaryl/α,β-unsaturated/α-hetero) is 1. The molecule has 5 aromatic rings. The zero-order valence-corrected chi connectivity index (χ0v) is 25.0. The van der Waals surface area contributed by atoms with E-state index in [4.69, 9.17) is 13.9 Å². The van der Waals surface area contributed by atoms with Crippen LogP contribution in [0.5, 0.6) is 5.75 Å². The summed E-state index contributed by atoms with van der Waals surface area (Å²) in [4.78, 5) is 31.6. The Morgan fingerprint density at radius 1 is 0.864 bits per heavy atom. The fourth-order valence-electron chi connectivity index (χ4n) is 6.36. The number of ether oxygens (including phenoxy) is 2. The van der Waals surface area contributed by atoms with Crippen LogP contribution in [0.3, 0.4) is 0 Å². The molecule has 0 spiro atoms. The first kappa shape index (κ1) is 29.4. The molecule has 224 valence electrons. The lowest BCUT2D eigenvalue weighted by Gasteiger charge is -2.32. The topological polar surface area (TPSA) is 78.6 Å². The first-order valence-corrected chi connectivity index (χ1v) is 15.5. The number of hydrogen-bond donors (Lipinski definition) is 0. The first-order valence-electron chi connectivity index (χ1n) is 15.5. The predicted molar refractivity (Wildman–Crippen MR) is 170 cm³/mol. The summed E-state index contributed by atoms with van der Waals surface area (Å²) in [5.41, 5.74) is 2.52. The van der Waals surface area contributed by atoms with E-state index in [0.29, 0.717) is 55.3 Å². The van der Waals surface area contributed by atoms with Gasteiger partial charge in [-0.2, -0.15) is 0 Å². The third kappa shape index (κ3) is 6.75. The summed E-state index contributed by atoms with van der Waals surface area (Å²) in [6.45, 7) is 2.65. The summed E-state index contributed by atoms with van der Waals surface area (Å²) in [5.74, 6) is 1.61. The van der Waals surface area contributed by atoms with Gasteiger partial charge in [0.1, 0.15) is 12.4 Å². The molecule has 0 radical (unpaired) electrons. The molecule has 6 rings (SSSR count). The van der Waals surface area contributed by atoms with Crippen molar-refractivity contribution in [2.45, 2.75) is 51.6 Å². The minimum absolute atomic E-state index is 0.0461. The molecule has 1 heterocycles. The number of hydrogen-bond acceptors (Lipinski definition) is 6. The molecular weight excluding hydrogens is 550 g/mol. The van der Waals surface area contributed by atoms with Crippen molar-refractivity contribution in [3.8, 4) is 17.1 Å². The van der Waals surface area contributed by atoms with Gasteiger partial charge in [-0.15, -0.1) is 0 Å². The molecular formula is C38H37NO5. The van der Waals surface area contributed by atoms with Crippen LogP contribution in [0, 0.1) is 11.8 Å². The molecule has 0 N–H and O–H groups in total. The summed E-state index contributed by atoms with van der Waals surface area (Å²) < 4.78 is 18.0. The van der Waals surface area contributed by atoms with Crippen molar-refractivity contribution in [3.05, 3.63) is 120 Å². The van der Waals surface area contributed by atoms with Gasteiger partial charge in [0, 0.05) is 23.3 Å². The van der Waals surface area contributed by atoms with E-state index in [1.54, 1.807) is 6.20 Å². The molecule has 1 aliphatic carbocycles. The van der Waals surface area contributed by atoms with Crippen LogP contribution in [0.4, 0.5) is 0 Å². The minimum atomic E-state index is -0.302. The van der Waals surface area contributed by atoms with Crippen molar-refractivity contribution in [1.82, 2.24) is 4.98 Å². The lowest BCUT2D eigenvalue weighted by Crippen LogP contribution is -2.29. The van der Waals surface area contributed by atoms with Crippen LogP contribution >= 0.6 is 0 Å². The Hall–Kier alpha value is -4.71. The summed E-state index contributed by atoms with van der Waals surface area (Å²) in [6.07, 6.45) is 4.84. The Bertz CT molecular complexity index is 1710. The summed E-state index contributed by atoms with van der Waals surface area (Å²) in [7, 11) is 0. The largest absolute Gasteiger partial charge is 0.492 e. The van der Waals surface area contributed by atoms with Gasteiger partial charge in [-0.3, -0.25) is 9.59 Å². The van der Waals surface area contributed by atoms with Crippen LogP contribution in [0.2, 0.25) is 0 Å². The van der Waals surface area contributed by atoms with E-state index < -0.39 is 0 Å². The molecule has 1 unspecified atom stereocenters. The average molecular weight is 588 g/mol. The van der Waals surface area contributed by atoms with Gasteiger partial charge in [0.05, 0.1) is 24.3 Å². The van der Waals surface area contributed by atoms with Crippen LogP contribution < -0.4 is 4.74 Å². The Kier molecular flexibility index (Phi) is 9.16. The molecule has 44 heavy (non-hydrogen) atoms. The van der Waals surface area contributed by atoms with Crippen molar-refractivity contribution in [2.75, 3.05) is 6.61 Å². The Morgan fingerprint density at radius 3 is 2.41 bits per heavy atom. The van der Waals surface area contributed by atoms with E-state index in [1.165, 1.54) is 0 Å². The fourth-order valence-corrected chi connectivity index (χ4v) is 6.36. The number of oxazole rings is 1. The lowest BCUT2D eigenvalue weighted by atomic mass is 9.73. The maximum absolute atomic E-state index is 13.6. The number of carbonyl (C=O) groups excluding carboxylic acids is 2.